The first-order valence-electron chi connectivity index (χ1n) is 4.22. The second-order valence-corrected chi connectivity index (χ2v) is 3.73. The van der Waals surface area contributed by atoms with E-state index in [1.54, 1.807) is 0 Å². The van der Waals surface area contributed by atoms with Gasteiger partial charge in [-0.25, -0.2) is 0 Å². The van der Waals surface area contributed by atoms with Gasteiger partial charge in [-0.1, -0.05) is 0 Å². The third-order valence-electron chi connectivity index (χ3n) is 2.98. The lowest BCUT2D eigenvalue weighted by atomic mass is 10.0. The van der Waals surface area contributed by atoms with E-state index in [1.807, 2.05) is 0 Å². The quantitative estimate of drug-likeness (QED) is 0.523. The second kappa shape index (κ2) is 2.44. The van der Waals surface area contributed by atoms with Gasteiger partial charge in [0.25, 0.3) is 0 Å². The zero-order valence-electron chi connectivity index (χ0n) is 7.46. The summed E-state index contributed by atoms with van der Waals surface area (Å²) in [4.78, 5) is 13.6. The van der Waals surface area contributed by atoms with E-state index in [1.165, 1.54) is 7.11 Å². The van der Waals surface area contributed by atoms with Crippen LogP contribution in [0.15, 0.2) is 0 Å². The number of nitrogens with one attached hydrogen (secondary N) is 1. The molecule has 0 amide bonds. The van der Waals surface area contributed by atoms with Gasteiger partial charge in [-0.3, -0.25) is 15.0 Å². The number of fused-ring (bicyclic) bond motifs is 2. The van der Waals surface area contributed by atoms with Gasteiger partial charge in [0.1, 0.15) is 5.54 Å². The molecule has 2 bridgehead atoms. The van der Waals surface area contributed by atoms with Crippen molar-refractivity contribution in [3.63, 3.8) is 0 Å². The average molecular weight is 170 g/mol. The number of hydrogen-bond acceptors (Lipinski definition) is 4. The van der Waals surface area contributed by atoms with Crippen LogP contribution in [0, 0.1) is 0 Å². The Balaban J connectivity index is 2.18. The smallest absolute Gasteiger partial charge is 0.327 e. The summed E-state index contributed by atoms with van der Waals surface area (Å²) in [6, 6.07) is 0.518. The van der Waals surface area contributed by atoms with Crippen molar-refractivity contribution in [3.8, 4) is 0 Å². The molecule has 2 unspecified atom stereocenters. The van der Waals surface area contributed by atoms with Gasteiger partial charge in [0.05, 0.1) is 7.11 Å². The third-order valence-corrected chi connectivity index (χ3v) is 2.98. The Kier molecular flexibility index (Phi) is 1.63. The molecule has 0 aliphatic carbocycles. The van der Waals surface area contributed by atoms with E-state index < -0.39 is 5.54 Å². The second-order valence-electron chi connectivity index (χ2n) is 3.73. The summed E-state index contributed by atoms with van der Waals surface area (Å²) >= 11 is 0. The zero-order chi connectivity index (χ0) is 8.77. The van der Waals surface area contributed by atoms with Crippen LogP contribution in [0.2, 0.25) is 0 Å². The molecule has 2 aliphatic heterocycles. The topological polar surface area (TPSA) is 41.6 Å². The molecule has 2 aliphatic rings. The maximum atomic E-state index is 11.4. The molecule has 4 nitrogen and oxygen atoms in total. The molecule has 0 spiro atoms. The molecular weight excluding hydrogens is 156 g/mol. The summed E-state index contributed by atoms with van der Waals surface area (Å²) < 4.78 is 4.78. The van der Waals surface area contributed by atoms with Gasteiger partial charge < -0.3 is 4.74 Å². The van der Waals surface area contributed by atoms with Crippen molar-refractivity contribution in [2.45, 2.75) is 18.0 Å². The van der Waals surface area contributed by atoms with Crippen molar-refractivity contribution in [2.24, 2.45) is 0 Å². The molecule has 0 aromatic carbocycles. The molecule has 0 aromatic rings. The largest absolute Gasteiger partial charge is 0.468 e. The SMILES string of the molecule is COC(=O)C12CC(CN1)N(C)C2. The van der Waals surface area contributed by atoms with Crippen LogP contribution in [0.1, 0.15) is 6.42 Å². The molecule has 1 N–H and O–H groups in total. The van der Waals surface area contributed by atoms with Gasteiger partial charge in [0, 0.05) is 19.1 Å². The highest BCUT2D eigenvalue weighted by atomic mass is 16.5. The first-order valence-corrected chi connectivity index (χ1v) is 4.22. The summed E-state index contributed by atoms with van der Waals surface area (Å²) in [5.41, 5.74) is -0.395. The Hall–Kier alpha value is -0.610. The Morgan fingerprint density at radius 3 is 2.92 bits per heavy atom. The standard InChI is InChI=1S/C8H14N2O2/c1-10-5-8(7(11)12-2)3-6(10)4-9-8/h6,9H,3-5H2,1-2H3. The highest BCUT2D eigenvalue weighted by Gasteiger charge is 2.53. The zero-order valence-corrected chi connectivity index (χ0v) is 7.46. The van der Waals surface area contributed by atoms with Crippen LogP contribution in [0.4, 0.5) is 0 Å². The van der Waals surface area contributed by atoms with Gasteiger partial charge in [-0.15, -0.1) is 0 Å². The highest BCUT2D eigenvalue weighted by molar-refractivity contribution is 5.82. The van der Waals surface area contributed by atoms with E-state index in [0.717, 1.165) is 19.5 Å². The fraction of sp³-hybridized carbons (Fsp3) is 0.875. The Bertz CT molecular complexity index is 215. The summed E-state index contributed by atoms with van der Waals surface area (Å²) in [5.74, 6) is -0.116. The van der Waals surface area contributed by atoms with E-state index in [9.17, 15) is 4.79 Å². The molecule has 0 radical (unpaired) electrons. The van der Waals surface area contributed by atoms with Gasteiger partial charge in [0.2, 0.25) is 0 Å². The summed E-state index contributed by atoms with van der Waals surface area (Å²) in [7, 11) is 3.50. The maximum Gasteiger partial charge on any atom is 0.327 e. The molecule has 4 heteroatoms. The van der Waals surface area contributed by atoms with Crippen molar-refractivity contribution in [3.05, 3.63) is 0 Å². The number of rotatable bonds is 1. The number of ether oxygens (including phenoxy) is 1. The number of piperazine rings is 1. The van der Waals surface area contributed by atoms with Crippen molar-refractivity contribution in [1.29, 1.82) is 0 Å². The summed E-state index contributed by atoms with van der Waals surface area (Å²) in [6.07, 6.45) is 0.899. The average Bonchev–Trinajstić information content (AvgIpc) is 2.60. The molecular formula is C8H14N2O2. The molecule has 2 atom stereocenters. The molecule has 2 rings (SSSR count). The molecule has 2 saturated heterocycles. The van der Waals surface area contributed by atoms with Gasteiger partial charge in [-0.2, -0.15) is 0 Å². The van der Waals surface area contributed by atoms with Crippen LogP contribution in [0.25, 0.3) is 0 Å². The number of likely N-dealkylation sites (N-methyl/N-ethyl adjacent to an activating group) is 1. The third kappa shape index (κ3) is 0.881. The van der Waals surface area contributed by atoms with Crippen molar-refractivity contribution >= 4 is 5.97 Å². The number of carbonyl (C=O) groups excluding carboxylic acids is 1. The van der Waals surface area contributed by atoms with E-state index in [2.05, 4.69) is 17.3 Å². The van der Waals surface area contributed by atoms with Crippen LogP contribution in [-0.4, -0.2) is 49.7 Å². The van der Waals surface area contributed by atoms with Crippen LogP contribution in [0.5, 0.6) is 0 Å². The van der Waals surface area contributed by atoms with Crippen molar-refractivity contribution in [2.75, 3.05) is 27.2 Å². The number of likely N-dealkylation sites (tertiary alicyclic amines) is 1. The lowest BCUT2D eigenvalue weighted by Crippen LogP contribution is -2.55. The predicted molar refractivity (Wildman–Crippen MR) is 43.8 cm³/mol. The van der Waals surface area contributed by atoms with Crippen molar-refractivity contribution in [1.82, 2.24) is 10.2 Å². The molecule has 2 heterocycles. The van der Waals surface area contributed by atoms with Crippen LogP contribution in [0.3, 0.4) is 0 Å². The lowest BCUT2D eigenvalue weighted by Gasteiger charge is -2.28. The maximum absolute atomic E-state index is 11.4. The first kappa shape index (κ1) is 8.01. The fourth-order valence-corrected chi connectivity index (χ4v) is 2.26. The molecule has 0 aromatic heterocycles. The van der Waals surface area contributed by atoms with Crippen LogP contribution < -0.4 is 5.32 Å². The molecule has 0 saturated carbocycles. The van der Waals surface area contributed by atoms with E-state index in [0.29, 0.717) is 6.04 Å². The Morgan fingerprint density at radius 2 is 2.50 bits per heavy atom. The Labute approximate surface area is 71.9 Å². The van der Waals surface area contributed by atoms with Crippen LogP contribution in [-0.2, 0) is 9.53 Å². The lowest BCUT2D eigenvalue weighted by molar-refractivity contribution is -0.147. The monoisotopic (exact) mass is 170 g/mol. The van der Waals surface area contributed by atoms with Gasteiger partial charge in [0.15, 0.2) is 0 Å². The van der Waals surface area contributed by atoms with E-state index in [4.69, 9.17) is 4.74 Å². The molecule has 2 fully saturated rings. The number of methoxy groups -OCH3 is 1. The number of carbonyl (C=O) groups is 1. The molecule has 12 heavy (non-hydrogen) atoms. The normalized spacial score (nSPS) is 40.3. The minimum Gasteiger partial charge on any atom is -0.468 e. The fourth-order valence-electron chi connectivity index (χ4n) is 2.26. The molecule has 68 valence electrons. The number of nitrogens with zero attached hydrogens (tertiary/aromatic N) is 1. The van der Waals surface area contributed by atoms with Gasteiger partial charge >= 0.3 is 5.97 Å². The Morgan fingerprint density at radius 1 is 1.75 bits per heavy atom. The summed E-state index contributed by atoms with van der Waals surface area (Å²) in [6.45, 7) is 1.69. The van der Waals surface area contributed by atoms with E-state index in [-0.39, 0.29) is 5.97 Å². The predicted octanol–water partition coefficient (Wildman–Crippen LogP) is -0.794. The van der Waals surface area contributed by atoms with Gasteiger partial charge in [-0.05, 0) is 13.5 Å². The van der Waals surface area contributed by atoms with Crippen LogP contribution >= 0.6 is 0 Å². The number of hydrogen-bond donors (Lipinski definition) is 1. The van der Waals surface area contributed by atoms with E-state index >= 15 is 0 Å². The highest BCUT2D eigenvalue weighted by Crippen LogP contribution is 2.32. The number of esters is 1. The summed E-state index contributed by atoms with van der Waals surface area (Å²) in [5, 5.41) is 3.23. The minimum atomic E-state index is -0.395. The van der Waals surface area contributed by atoms with Crippen molar-refractivity contribution < 1.29 is 9.53 Å². The first-order chi connectivity index (χ1) is 5.68. The minimum absolute atomic E-state index is 0.116.